The average molecular weight is 327 g/mol. The van der Waals surface area contributed by atoms with Crippen LogP contribution in [0.15, 0.2) is 67.0 Å². The van der Waals surface area contributed by atoms with E-state index in [1.54, 1.807) is 36.7 Å². The highest BCUT2D eigenvalue weighted by Gasteiger charge is 2.07. The number of benzene rings is 2. The molecule has 0 radical (unpaired) electrons. The first-order chi connectivity index (χ1) is 12.2. The summed E-state index contributed by atoms with van der Waals surface area (Å²) in [6.07, 6.45) is 3.33. The highest BCUT2D eigenvalue weighted by atomic mass is 16.5. The monoisotopic (exact) mass is 327 g/mol. The van der Waals surface area contributed by atoms with Crippen molar-refractivity contribution >= 4 is 16.6 Å². The zero-order valence-corrected chi connectivity index (χ0v) is 13.1. The molecule has 0 atom stereocenters. The van der Waals surface area contributed by atoms with Gasteiger partial charge in [-0.15, -0.1) is 0 Å². The molecular formula is C19H13N5O. The van der Waals surface area contributed by atoms with E-state index < -0.39 is 0 Å². The molecule has 0 unspecified atom stereocenters. The van der Waals surface area contributed by atoms with Crippen LogP contribution in [0.1, 0.15) is 5.56 Å². The van der Waals surface area contributed by atoms with Crippen LogP contribution in [0.5, 0.6) is 11.6 Å². The molecule has 2 aromatic heterocycles. The summed E-state index contributed by atoms with van der Waals surface area (Å²) >= 11 is 0. The maximum absolute atomic E-state index is 8.90. The Morgan fingerprint density at radius 1 is 1.00 bits per heavy atom. The van der Waals surface area contributed by atoms with Crippen molar-refractivity contribution in [3.8, 4) is 23.4 Å². The van der Waals surface area contributed by atoms with Gasteiger partial charge in [-0.3, -0.25) is 0 Å². The fourth-order valence-electron chi connectivity index (χ4n) is 2.53. The van der Waals surface area contributed by atoms with Crippen LogP contribution in [-0.2, 0) is 0 Å². The van der Waals surface area contributed by atoms with Crippen LogP contribution < -0.4 is 10.5 Å². The molecule has 0 aliphatic carbocycles. The predicted octanol–water partition coefficient (Wildman–Crippen LogP) is 3.67. The lowest BCUT2D eigenvalue weighted by Gasteiger charge is -2.06. The molecule has 0 aliphatic heterocycles. The Morgan fingerprint density at radius 2 is 1.84 bits per heavy atom. The van der Waals surface area contributed by atoms with Crippen molar-refractivity contribution in [3.05, 3.63) is 72.6 Å². The molecule has 0 spiro atoms. The number of hydrogen-bond donors (Lipinski definition) is 1. The zero-order valence-electron chi connectivity index (χ0n) is 13.1. The van der Waals surface area contributed by atoms with Gasteiger partial charge in [0.05, 0.1) is 40.9 Å². The minimum absolute atomic E-state index is 0.480. The third-order valence-corrected chi connectivity index (χ3v) is 3.76. The molecule has 6 heteroatoms. The lowest BCUT2D eigenvalue weighted by Crippen LogP contribution is -1.95. The summed E-state index contributed by atoms with van der Waals surface area (Å²) in [5, 5.41) is 14.3. The molecule has 4 aromatic rings. The van der Waals surface area contributed by atoms with Crippen molar-refractivity contribution in [2.45, 2.75) is 0 Å². The topological polar surface area (TPSA) is 89.8 Å². The average Bonchev–Trinajstić information content (AvgIpc) is 3.07. The Bertz CT molecular complexity index is 1080. The van der Waals surface area contributed by atoms with E-state index in [2.05, 4.69) is 16.2 Å². The number of fused-ring (bicyclic) bond motifs is 1. The second-order valence-corrected chi connectivity index (χ2v) is 5.47. The van der Waals surface area contributed by atoms with E-state index in [-0.39, 0.29) is 0 Å². The molecule has 0 saturated heterocycles. The van der Waals surface area contributed by atoms with Crippen molar-refractivity contribution in [2.24, 2.45) is 0 Å². The maximum atomic E-state index is 8.90. The van der Waals surface area contributed by atoms with E-state index in [1.165, 1.54) is 0 Å². The van der Waals surface area contributed by atoms with Crippen molar-refractivity contribution in [3.63, 3.8) is 0 Å². The van der Waals surface area contributed by atoms with Crippen molar-refractivity contribution in [1.82, 2.24) is 14.8 Å². The first-order valence-electron chi connectivity index (χ1n) is 7.61. The summed E-state index contributed by atoms with van der Waals surface area (Å²) in [5.41, 5.74) is 8.67. The van der Waals surface area contributed by atoms with Crippen LogP contribution in [0.3, 0.4) is 0 Å². The van der Waals surface area contributed by atoms with Gasteiger partial charge >= 0.3 is 0 Å². The first-order valence-corrected chi connectivity index (χ1v) is 7.61. The first kappa shape index (κ1) is 14.7. The fourth-order valence-corrected chi connectivity index (χ4v) is 2.53. The molecule has 0 aliphatic rings. The second kappa shape index (κ2) is 5.98. The number of nitrogens with zero attached hydrogens (tertiary/aromatic N) is 4. The third kappa shape index (κ3) is 2.86. The number of aromatic nitrogens is 3. The highest BCUT2D eigenvalue weighted by Crippen LogP contribution is 2.26. The fraction of sp³-hybridized carbons (Fsp3) is 0. The smallest absolute Gasteiger partial charge is 0.219 e. The van der Waals surface area contributed by atoms with E-state index in [9.17, 15) is 0 Å². The van der Waals surface area contributed by atoms with Crippen LogP contribution in [-0.4, -0.2) is 14.8 Å². The van der Waals surface area contributed by atoms with Gasteiger partial charge in [0.2, 0.25) is 5.88 Å². The van der Waals surface area contributed by atoms with Gasteiger partial charge in [0.25, 0.3) is 0 Å². The molecule has 2 heterocycles. The lowest BCUT2D eigenvalue weighted by atomic mass is 10.2. The van der Waals surface area contributed by atoms with Gasteiger partial charge < -0.3 is 10.5 Å². The van der Waals surface area contributed by atoms with Gasteiger partial charge in [-0.1, -0.05) is 0 Å². The minimum Gasteiger partial charge on any atom is -0.439 e. The maximum Gasteiger partial charge on any atom is 0.219 e. The Hall–Kier alpha value is -3.85. The van der Waals surface area contributed by atoms with Crippen LogP contribution in [0.25, 0.3) is 16.6 Å². The van der Waals surface area contributed by atoms with Gasteiger partial charge in [0.15, 0.2) is 0 Å². The zero-order chi connectivity index (χ0) is 17.2. The molecule has 120 valence electrons. The van der Waals surface area contributed by atoms with E-state index in [0.717, 1.165) is 16.6 Å². The van der Waals surface area contributed by atoms with Crippen molar-refractivity contribution in [1.29, 1.82) is 5.26 Å². The van der Waals surface area contributed by atoms with E-state index in [1.807, 2.05) is 35.0 Å². The molecule has 2 N–H and O–H groups in total. The third-order valence-electron chi connectivity index (χ3n) is 3.76. The largest absolute Gasteiger partial charge is 0.439 e. The molecular weight excluding hydrogens is 314 g/mol. The molecule has 6 nitrogen and oxygen atoms in total. The summed E-state index contributed by atoms with van der Waals surface area (Å²) in [7, 11) is 0. The van der Waals surface area contributed by atoms with Gasteiger partial charge in [-0.05, 0) is 48.5 Å². The van der Waals surface area contributed by atoms with Gasteiger partial charge in [-0.25, -0.2) is 9.67 Å². The van der Waals surface area contributed by atoms with Gasteiger partial charge in [0.1, 0.15) is 5.75 Å². The molecule has 0 saturated carbocycles. The van der Waals surface area contributed by atoms with Gasteiger partial charge in [-0.2, -0.15) is 10.4 Å². The van der Waals surface area contributed by atoms with Crippen LogP contribution in [0, 0.1) is 11.3 Å². The van der Waals surface area contributed by atoms with Gasteiger partial charge in [0, 0.05) is 11.5 Å². The summed E-state index contributed by atoms with van der Waals surface area (Å²) in [4.78, 5) is 4.13. The number of rotatable bonds is 3. The number of ether oxygens (including phenoxy) is 1. The van der Waals surface area contributed by atoms with Crippen LogP contribution in [0.2, 0.25) is 0 Å². The molecule has 2 aromatic carbocycles. The Morgan fingerprint density at radius 3 is 2.56 bits per heavy atom. The number of anilines is 1. The number of nitriles is 1. The van der Waals surface area contributed by atoms with Crippen molar-refractivity contribution < 1.29 is 4.74 Å². The quantitative estimate of drug-likeness (QED) is 0.620. The number of nitrogen functional groups attached to an aromatic ring is 1. The van der Waals surface area contributed by atoms with Crippen LogP contribution in [0.4, 0.5) is 5.69 Å². The standard InChI is InChI=1S/C19H13N5O/c20-10-13-1-4-16(5-2-13)24-18-7-6-17(9-14(18)11-23-24)25-19-8-3-15(21)12-22-19/h1-9,11-12H,21H2. The Balaban J connectivity index is 1.66. The normalized spacial score (nSPS) is 10.5. The van der Waals surface area contributed by atoms with Crippen LogP contribution >= 0.6 is 0 Å². The summed E-state index contributed by atoms with van der Waals surface area (Å²) in [5.74, 6) is 1.15. The Labute approximate surface area is 143 Å². The predicted molar refractivity (Wildman–Crippen MR) is 94.5 cm³/mol. The minimum atomic E-state index is 0.480. The molecule has 0 bridgehead atoms. The summed E-state index contributed by atoms with van der Waals surface area (Å²) in [6.45, 7) is 0. The lowest BCUT2D eigenvalue weighted by molar-refractivity contribution is 0.464. The summed E-state index contributed by atoms with van der Waals surface area (Å²) in [6, 6.07) is 18.6. The highest BCUT2D eigenvalue weighted by molar-refractivity contribution is 5.81. The SMILES string of the molecule is N#Cc1ccc(-n2ncc3cc(Oc4ccc(N)cn4)ccc32)cc1. The molecule has 4 rings (SSSR count). The molecule has 0 fully saturated rings. The number of hydrogen-bond acceptors (Lipinski definition) is 5. The summed E-state index contributed by atoms with van der Waals surface area (Å²) < 4.78 is 7.57. The Kier molecular flexibility index (Phi) is 3.52. The second-order valence-electron chi connectivity index (χ2n) is 5.47. The van der Waals surface area contributed by atoms with E-state index >= 15 is 0 Å². The molecule has 25 heavy (non-hydrogen) atoms. The van der Waals surface area contributed by atoms with E-state index in [0.29, 0.717) is 22.9 Å². The number of pyridine rings is 1. The number of nitrogens with two attached hydrogens (primary N) is 1. The molecule has 0 amide bonds. The van der Waals surface area contributed by atoms with E-state index in [4.69, 9.17) is 15.7 Å². The van der Waals surface area contributed by atoms with Crippen molar-refractivity contribution in [2.75, 3.05) is 5.73 Å².